The molecule has 12 nitrogen and oxygen atoms in total. The number of nitriles is 3. The number of carbonyl (C=O) groups excluding carboxylic acids is 3. The Balaban J connectivity index is 0.942. The number of hydrogen-bond acceptors (Lipinski definition) is 12. The lowest BCUT2D eigenvalue weighted by Crippen LogP contribution is -2.21. The van der Waals surface area contributed by atoms with E-state index in [4.69, 9.17) is 44.2 Å². The predicted octanol–water partition coefficient (Wildman–Crippen LogP) is 11.9. The Morgan fingerprint density at radius 3 is 0.764 bits per heavy atom. The Bertz CT molecular complexity index is 2730. The summed E-state index contributed by atoms with van der Waals surface area (Å²) in [6, 6.07) is 54.9. The maximum atomic E-state index is 13.6. The van der Waals surface area contributed by atoms with Crippen molar-refractivity contribution in [2.45, 2.75) is 20.8 Å². The Morgan fingerprint density at radius 1 is 0.347 bits per heavy atom. The third-order valence-corrected chi connectivity index (χ3v) is 11.3. The summed E-state index contributed by atoms with van der Waals surface area (Å²) in [5, 5.41) is 27.3. The van der Waals surface area contributed by atoms with E-state index < -0.39 is 17.9 Å². The smallest absolute Gasteiger partial charge is 0.338 e. The first kappa shape index (κ1) is 50.7. The van der Waals surface area contributed by atoms with Crippen molar-refractivity contribution in [3.8, 4) is 68.8 Å². The molecule has 0 heterocycles. The Kier molecular flexibility index (Phi) is 17.5. The van der Waals surface area contributed by atoms with Crippen LogP contribution >= 0.6 is 0 Å². The number of benzene rings is 7. The van der Waals surface area contributed by atoms with E-state index >= 15 is 0 Å². The summed E-state index contributed by atoms with van der Waals surface area (Å²) in [7, 11) is 0. The minimum Gasteiger partial charge on any atom is -0.493 e. The molecule has 0 bridgehead atoms. The minimum absolute atomic E-state index is 0.0119. The Labute approximate surface area is 419 Å². The first-order valence-corrected chi connectivity index (χ1v) is 23.3. The highest BCUT2D eigenvalue weighted by Crippen LogP contribution is 2.27. The van der Waals surface area contributed by atoms with E-state index in [0.717, 1.165) is 33.4 Å². The van der Waals surface area contributed by atoms with Gasteiger partial charge in [-0.3, -0.25) is 0 Å². The number of hydrogen-bond donors (Lipinski definition) is 0. The van der Waals surface area contributed by atoms with Gasteiger partial charge in [0.2, 0.25) is 0 Å². The van der Waals surface area contributed by atoms with Crippen molar-refractivity contribution in [1.82, 2.24) is 0 Å². The van der Waals surface area contributed by atoms with Crippen molar-refractivity contribution in [3.63, 3.8) is 0 Å². The van der Waals surface area contributed by atoms with Gasteiger partial charge in [0.15, 0.2) is 0 Å². The van der Waals surface area contributed by atoms with Crippen molar-refractivity contribution in [1.29, 1.82) is 15.8 Å². The lowest BCUT2D eigenvalue weighted by atomic mass is 10.0. The van der Waals surface area contributed by atoms with Crippen molar-refractivity contribution < 1.29 is 42.8 Å². The van der Waals surface area contributed by atoms with Crippen LogP contribution in [0.3, 0.4) is 0 Å². The highest BCUT2D eigenvalue weighted by Gasteiger charge is 2.21. The van der Waals surface area contributed by atoms with Crippen LogP contribution in [0.5, 0.6) is 17.2 Å². The molecule has 0 saturated heterocycles. The van der Waals surface area contributed by atoms with Crippen LogP contribution in [0.1, 0.15) is 68.5 Å². The fourth-order valence-electron chi connectivity index (χ4n) is 7.19. The van der Waals surface area contributed by atoms with Crippen LogP contribution in [-0.4, -0.2) is 57.5 Å². The van der Waals surface area contributed by atoms with Crippen LogP contribution in [0, 0.1) is 51.7 Å². The van der Waals surface area contributed by atoms with E-state index in [1.165, 1.54) is 18.2 Å². The zero-order chi connectivity index (χ0) is 50.8. The molecule has 0 aliphatic carbocycles. The molecule has 7 rings (SSSR count). The molecule has 0 amide bonds. The van der Waals surface area contributed by atoms with Gasteiger partial charge in [0.25, 0.3) is 0 Å². The number of rotatable bonds is 21. The average molecular weight is 958 g/mol. The van der Waals surface area contributed by atoms with Gasteiger partial charge in [-0.25, -0.2) is 14.4 Å². The largest absolute Gasteiger partial charge is 0.493 e. The molecule has 7 aromatic rings. The summed E-state index contributed by atoms with van der Waals surface area (Å²) in [5.74, 6) is -1.04. The van der Waals surface area contributed by atoms with Gasteiger partial charge in [-0.05, 0) is 124 Å². The number of ether oxygens (including phenoxy) is 6. The average Bonchev–Trinajstić information content (AvgIpc) is 3.43. The van der Waals surface area contributed by atoms with Gasteiger partial charge in [0.05, 0.1) is 91.2 Å². The van der Waals surface area contributed by atoms with Crippen molar-refractivity contribution in [2.75, 3.05) is 39.6 Å². The molecular weight excluding hydrogens is 907 g/mol. The maximum Gasteiger partial charge on any atom is 0.338 e. The summed E-state index contributed by atoms with van der Waals surface area (Å²) in [6.07, 6.45) is 0. The van der Waals surface area contributed by atoms with E-state index in [1.54, 1.807) is 36.4 Å². The molecule has 12 heteroatoms. The number of carbonyl (C=O) groups is 3. The van der Waals surface area contributed by atoms with E-state index in [0.29, 0.717) is 33.9 Å². The molecular formula is C60H51N3O9. The fraction of sp³-hybridized carbons (Fsp3) is 0.200. The highest BCUT2D eigenvalue weighted by atomic mass is 16.5. The molecule has 72 heavy (non-hydrogen) atoms. The molecule has 0 aliphatic rings. The highest BCUT2D eigenvalue weighted by molar-refractivity contribution is 6.00. The Hall–Kier alpha value is -9.18. The normalized spacial score (nSPS) is 11.8. The van der Waals surface area contributed by atoms with Gasteiger partial charge < -0.3 is 28.4 Å². The van der Waals surface area contributed by atoms with E-state index in [-0.39, 0.29) is 74.1 Å². The second-order valence-corrected chi connectivity index (χ2v) is 17.5. The second kappa shape index (κ2) is 24.9. The van der Waals surface area contributed by atoms with E-state index in [1.807, 2.05) is 130 Å². The molecule has 0 radical (unpaired) electrons. The summed E-state index contributed by atoms with van der Waals surface area (Å²) >= 11 is 0. The summed E-state index contributed by atoms with van der Waals surface area (Å²) in [6.45, 7) is 6.28. The van der Waals surface area contributed by atoms with Crippen LogP contribution in [0.4, 0.5) is 0 Å². The van der Waals surface area contributed by atoms with Gasteiger partial charge in [0, 0.05) is 17.8 Å². The topological polar surface area (TPSA) is 178 Å². The molecule has 7 aromatic carbocycles. The maximum absolute atomic E-state index is 13.6. The van der Waals surface area contributed by atoms with Crippen LogP contribution in [0.2, 0.25) is 0 Å². The number of nitrogens with zero attached hydrogens (tertiary/aromatic N) is 3. The first-order chi connectivity index (χ1) is 35.0. The molecule has 0 fully saturated rings. The second-order valence-electron chi connectivity index (χ2n) is 17.5. The van der Waals surface area contributed by atoms with E-state index in [9.17, 15) is 14.4 Å². The molecule has 0 aliphatic heterocycles. The Morgan fingerprint density at radius 2 is 0.556 bits per heavy atom. The van der Waals surface area contributed by atoms with Gasteiger partial charge >= 0.3 is 17.9 Å². The van der Waals surface area contributed by atoms with Crippen LogP contribution < -0.4 is 14.2 Å². The third kappa shape index (κ3) is 14.4. The number of esters is 3. The van der Waals surface area contributed by atoms with Gasteiger partial charge in [-0.15, -0.1) is 0 Å². The van der Waals surface area contributed by atoms with Crippen molar-refractivity contribution in [2.24, 2.45) is 17.8 Å². The van der Waals surface area contributed by atoms with Crippen molar-refractivity contribution in [3.05, 3.63) is 197 Å². The summed E-state index contributed by atoms with van der Waals surface area (Å²) in [4.78, 5) is 40.7. The van der Waals surface area contributed by atoms with E-state index in [2.05, 4.69) is 18.2 Å². The molecule has 3 unspecified atom stereocenters. The van der Waals surface area contributed by atoms with Crippen LogP contribution in [0.25, 0.3) is 33.4 Å². The molecule has 360 valence electrons. The predicted molar refractivity (Wildman–Crippen MR) is 271 cm³/mol. The lowest BCUT2D eigenvalue weighted by molar-refractivity contribution is 0.0411. The quantitative estimate of drug-likeness (QED) is 0.0492. The van der Waals surface area contributed by atoms with Gasteiger partial charge in [0.1, 0.15) is 17.2 Å². The minimum atomic E-state index is -0.753. The monoisotopic (exact) mass is 957 g/mol. The standard InChI is InChI=1S/C60H51N3O9/c1-40(34-67-55-22-16-49(17-23-55)46-10-4-43(31-61)5-11-46)37-70-58(64)52-28-53(59(65)71-38-41(2)35-68-56-24-18-50(19-25-56)47-12-6-44(32-62)7-13-47)30-54(29-52)60(66)72-39-42(3)36-69-57-26-20-51(21-27-57)48-14-8-45(33-63)9-15-48/h4-30,40-42H,34-39H2,1-3H3. The zero-order valence-electron chi connectivity index (χ0n) is 40.1. The van der Waals surface area contributed by atoms with Crippen LogP contribution in [-0.2, 0) is 14.2 Å². The van der Waals surface area contributed by atoms with Gasteiger partial charge in [-0.2, -0.15) is 15.8 Å². The molecule has 3 atom stereocenters. The first-order valence-electron chi connectivity index (χ1n) is 23.3. The third-order valence-electron chi connectivity index (χ3n) is 11.3. The fourth-order valence-corrected chi connectivity index (χ4v) is 7.19. The zero-order valence-corrected chi connectivity index (χ0v) is 40.1. The lowest BCUT2D eigenvalue weighted by Gasteiger charge is -2.16. The summed E-state index contributed by atoms with van der Waals surface area (Å²) in [5.41, 5.74) is 7.45. The van der Waals surface area contributed by atoms with Crippen LogP contribution in [0.15, 0.2) is 164 Å². The molecule has 0 saturated carbocycles. The summed E-state index contributed by atoms with van der Waals surface area (Å²) < 4.78 is 34.9. The molecule has 0 N–H and O–H groups in total. The molecule has 0 aromatic heterocycles. The SMILES string of the molecule is CC(COC(=O)c1cc(C(=O)OCC(C)COc2ccc(-c3ccc(C#N)cc3)cc2)cc(C(=O)OCC(C)COc2ccc(-c3ccc(C#N)cc3)cc2)c1)COc1ccc(-c2ccc(C#N)cc2)cc1. The molecule has 0 spiro atoms. The van der Waals surface area contributed by atoms with Crippen molar-refractivity contribution >= 4 is 17.9 Å². The van der Waals surface area contributed by atoms with Gasteiger partial charge in [-0.1, -0.05) is 93.6 Å².